The largest absolute Gasteiger partial charge is 0.383 e. The fourth-order valence-electron chi connectivity index (χ4n) is 4.44. The molecule has 0 unspecified atom stereocenters. The molecule has 5 rings (SSSR count). The summed E-state index contributed by atoms with van der Waals surface area (Å²) in [7, 11) is 1.87. The predicted molar refractivity (Wildman–Crippen MR) is 150 cm³/mol. The number of nitrogens with zero attached hydrogens (tertiary/aromatic N) is 5. The second-order valence-electron chi connectivity index (χ2n) is 8.87. The summed E-state index contributed by atoms with van der Waals surface area (Å²) < 4.78 is 1.93. The van der Waals surface area contributed by atoms with Gasteiger partial charge in [-0.3, -0.25) is 9.59 Å². The van der Waals surface area contributed by atoms with Crippen LogP contribution in [-0.4, -0.2) is 50.0 Å². The lowest BCUT2D eigenvalue weighted by Crippen LogP contribution is -2.37. The van der Waals surface area contributed by atoms with E-state index in [4.69, 9.17) is 10.8 Å². The summed E-state index contributed by atoms with van der Waals surface area (Å²) in [4.78, 5) is 36.6. The molecule has 0 radical (unpaired) electrons. The van der Waals surface area contributed by atoms with Gasteiger partial charge >= 0.3 is 0 Å². The Morgan fingerprint density at radius 3 is 2.47 bits per heavy atom. The van der Waals surface area contributed by atoms with Gasteiger partial charge in [-0.25, -0.2) is 19.6 Å². The number of aromatic nitrogens is 5. The number of carbonyl (C=O) groups excluding carboxylic acids is 2. The Morgan fingerprint density at radius 1 is 1.16 bits per heavy atom. The van der Waals surface area contributed by atoms with Gasteiger partial charge in [0.2, 0.25) is 0 Å². The molecule has 1 saturated carbocycles. The molecule has 1 fully saturated rings. The first-order valence-electron chi connectivity index (χ1n) is 12.3. The number of fused-ring (bicyclic) bond motifs is 1. The van der Waals surface area contributed by atoms with Crippen LogP contribution < -0.4 is 16.4 Å². The van der Waals surface area contributed by atoms with E-state index in [9.17, 15) is 9.59 Å². The molecule has 4 N–H and O–H groups in total. The summed E-state index contributed by atoms with van der Waals surface area (Å²) in [6.07, 6.45) is 7.51. The Hall–Kier alpha value is -4.30. The first kappa shape index (κ1) is 26.8. The molecule has 3 heterocycles. The number of benzene rings is 1. The standard InChI is InChI=1S/C22H22N6O2.C5H8N2S/c1-2-3-18(30)26-16-8-10-17(11-9-16)28-22-19(21(23)24-13-25-22)20(27-28)15-6-4-14(12-29)5-7-15;1-4-3-7-5(6-2)8-4/h4-7,12-13,16-17H,8-11H2,1H3,(H,26,30)(H2,23,24,25);3H,1-2H3,(H,6,7). The van der Waals surface area contributed by atoms with Gasteiger partial charge in [0, 0.05) is 35.3 Å². The fraction of sp³-hybridized carbons (Fsp3) is 0.333. The van der Waals surface area contributed by atoms with Crippen molar-refractivity contribution in [3.8, 4) is 23.1 Å². The van der Waals surface area contributed by atoms with Gasteiger partial charge in [-0.15, -0.1) is 11.3 Å². The number of aldehydes is 1. The van der Waals surface area contributed by atoms with E-state index in [1.807, 2.05) is 37.0 Å². The van der Waals surface area contributed by atoms with Crippen LogP contribution >= 0.6 is 11.3 Å². The second-order valence-corrected chi connectivity index (χ2v) is 10.1. The first-order chi connectivity index (χ1) is 18.4. The summed E-state index contributed by atoms with van der Waals surface area (Å²) >= 11 is 1.67. The number of nitrogens with two attached hydrogens (primary N) is 1. The molecular weight excluding hydrogens is 500 g/mol. The fourth-order valence-corrected chi connectivity index (χ4v) is 5.06. The molecule has 1 aliphatic carbocycles. The Labute approximate surface area is 225 Å². The average molecular weight is 531 g/mol. The number of nitrogen functional groups attached to an aromatic ring is 1. The van der Waals surface area contributed by atoms with Crippen LogP contribution in [0, 0.1) is 18.8 Å². The number of thiazole rings is 1. The number of hydrogen-bond donors (Lipinski definition) is 3. The minimum atomic E-state index is -0.230. The van der Waals surface area contributed by atoms with Crippen LogP contribution in [0.4, 0.5) is 10.9 Å². The Kier molecular flexibility index (Phi) is 8.66. The van der Waals surface area contributed by atoms with Crippen molar-refractivity contribution in [1.29, 1.82) is 0 Å². The van der Waals surface area contributed by atoms with E-state index in [-0.39, 0.29) is 18.0 Å². The van der Waals surface area contributed by atoms with Crippen LogP contribution in [-0.2, 0) is 4.79 Å². The maximum absolute atomic E-state index is 11.7. The zero-order valence-corrected chi connectivity index (χ0v) is 22.4. The van der Waals surface area contributed by atoms with E-state index in [1.54, 1.807) is 30.4 Å². The van der Waals surface area contributed by atoms with Gasteiger partial charge in [0.05, 0.1) is 11.4 Å². The zero-order chi connectivity index (χ0) is 27.1. The first-order valence-corrected chi connectivity index (χ1v) is 13.1. The maximum Gasteiger partial charge on any atom is 0.296 e. The van der Waals surface area contributed by atoms with Crippen molar-refractivity contribution in [2.24, 2.45) is 0 Å². The number of anilines is 2. The molecule has 4 aromatic rings. The normalized spacial score (nSPS) is 16.5. The predicted octanol–water partition coefficient (Wildman–Crippen LogP) is 4.00. The van der Waals surface area contributed by atoms with Crippen molar-refractivity contribution < 1.29 is 9.59 Å². The van der Waals surface area contributed by atoms with E-state index >= 15 is 0 Å². The van der Waals surface area contributed by atoms with Gasteiger partial charge in [0.1, 0.15) is 24.1 Å². The topological polar surface area (TPSA) is 141 Å². The van der Waals surface area contributed by atoms with Gasteiger partial charge < -0.3 is 16.4 Å². The third-order valence-corrected chi connectivity index (χ3v) is 7.22. The summed E-state index contributed by atoms with van der Waals surface area (Å²) in [6.45, 7) is 3.69. The molecule has 38 heavy (non-hydrogen) atoms. The third-order valence-electron chi connectivity index (χ3n) is 6.29. The van der Waals surface area contributed by atoms with E-state index in [2.05, 4.69) is 37.4 Å². The Balaban J connectivity index is 0.000000360. The van der Waals surface area contributed by atoms with E-state index in [0.717, 1.165) is 42.7 Å². The molecule has 0 spiro atoms. The van der Waals surface area contributed by atoms with Gasteiger partial charge in [-0.05, 0) is 45.5 Å². The van der Waals surface area contributed by atoms with Gasteiger partial charge in [0.15, 0.2) is 10.8 Å². The molecule has 11 heteroatoms. The second kappa shape index (κ2) is 12.3. The summed E-state index contributed by atoms with van der Waals surface area (Å²) in [5.41, 5.74) is 9.03. The van der Waals surface area contributed by atoms with Crippen LogP contribution in [0.2, 0.25) is 0 Å². The van der Waals surface area contributed by atoms with Crippen molar-refractivity contribution in [2.75, 3.05) is 18.1 Å². The monoisotopic (exact) mass is 530 g/mol. The number of amides is 1. The highest BCUT2D eigenvalue weighted by Gasteiger charge is 2.27. The number of nitrogens with one attached hydrogen (secondary N) is 2. The molecule has 0 aliphatic heterocycles. The van der Waals surface area contributed by atoms with Crippen LogP contribution in [0.1, 0.15) is 53.9 Å². The van der Waals surface area contributed by atoms with Gasteiger partial charge in [-0.1, -0.05) is 30.2 Å². The molecule has 10 nitrogen and oxygen atoms in total. The number of carbonyl (C=O) groups is 2. The molecule has 0 atom stereocenters. The molecule has 0 saturated heterocycles. The molecule has 3 aromatic heterocycles. The minimum absolute atomic E-state index is 0.117. The van der Waals surface area contributed by atoms with Crippen LogP contribution in [0.15, 0.2) is 36.8 Å². The third kappa shape index (κ3) is 6.15. The SMILES string of the molecule is CC#CC(=O)NC1CCC(n2nc(-c3ccc(C=O)cc3)c3c(N)ncnc32)CC1.CNc1ncc(C)s1. The minimum Gasteiger partial charge on any atom is -0.383 e. The number of aryl methyl sites for hydroxylation is 1. The van der Waals surface area contributed by atoms with E-state index < -0.39 is 0 Å². The Bertz CT molecular complexity index is 1470. The molecule has 1 aromatic carbocycles. The quantitative estimate of drug-likeness (QED) is 0.260. The lowest BCUT2D eigenvalue weighted by molar-refractivity contribution is -0.116. The van der Waals surface area contributed by atoms with Crippen molar-refractivity contribution in [3.05, 3.63) is 47.2 Å². The van der Waals surface area contributed by atoms with Crippen molar-refractivity contribution in [1.82, 2.24) is 30.0 Å². The van der Waals surface area contributed by atoms with Crippen LogP contribution in [0.3, 0.4) is 0 Å². The summed E-state index contributed by atoms with van der Waals surface area (Å²) in [6, 6.07) is 7.47. The summed E-state index contributed by atoms with van der Waals surface area (Å²) in [5, 5.41) is 12.5. The highest BCUT2D eigenvalue weighted by Crippen LogP contribution is 2.35. The van der Waals surface area contributed by atoms with Crippen LogP contribution in [0.25, 0.3) is 22.3 Å². The maximum atomic E-state index is 11.7. The van der Waals surface area contributed by atoms with Crippen molar-refractivity contribution in [2.45, 2.75) is 51.6 Å². The zero-order valence-electron chi connectivity index (χ0n) is 21.6. The van der Waals surface area contributed by atoms with Crippen molar-refractivity contribution in [3.63, 3.8) is 0 Å². The van der Waals surface area contributed by atoms with Gasteiger partial charge in [0.25, 0.3) is 5.91 Å². The molecule has 196 valence electrons. The Morgan fingerprint density at radius 2 is 1.89 bits per heavy atom. The highest BCUT2D eigenvalue weighted by molar-refractivity contribution is 7.15. The molecular formula is C27H30N8O2S. The van der Waals surface area contributed by atoms with Crippen LogP contribution in [0.5, 0.6) is 0 Å². The van der Waals surface area contributed by atoms with Gasteiger partial charge in [-0.2, -0.15) is 5.10 Å². The lowest BCUT2D eigenvalue weighted by atomic mass is 9.91. The van der Waals surface area contributed by atoms with E-state index in [0.29, 0.717) is 28.1 Å². The molecule has 0 bridgehead atoms. The molecule has 1 aliphatic rings. The molecule has 1 amide bonds. The summed E-state index contributed by atoms with van der Waals surface area (Å²) in [5.74, 6) is 5.29. The van der Waals surface area contributed by atoms with E-state index in [1.165, 1.54) is 11.2 Å². The lowest BCUT2D eigenvalue weighted by Gasteiger charge is -2.28. The number of rotatable bonds is 5. The smallest absolute Gasteiger partial charge is 0.296 e. The van der Waals surface area contributed by atoms with Crippen molar-refractivity contribution >= 4 is 45.5 Å². The highest BCUT2D eigenvalue weighted by atomic mass is 32.1. The number of hydrogen-bond acceptors (Lipinski definition) is 9. The average Bonchev–Trinajstić information content (AvgIpc) is 3.54.